The lowest BCUT2D eigenvalue weighted by Gasteiger charge is -2.41. The zero-order valence-corrected chi connectivity index (χ0v) is 29.5. The first kappa shape index (κ1) is 34.1. The fraction of sp³-hybridized carbons (Fsp3) is 0.361. The van der Waals surface area contributed by atoms with E-state index in [-0.39, 0.29) is 18.0 Å². The number of nitrogens with one attached hydrogen (secondary N) is 3. The van der Waals surface area contributed by atoms with E-state index in [2.05, 4.69) is 31.0 Å². The number of methoxy groups -OCH3 is 2. The molecule has 12 nitrogen and oxygen atoms in total. The maximum atomic E-state index is 11.5. The summed E-state index contributed by atoms with van der Waals surface area (Å²) in [5, 5.41) is 25.4. The summed E-state index contributed by atoms with van der Waals surface area (Å²) in [4.78, 5) is 25.6. The SMILES string of the molecule is COc1nc(-c2cccc(-c3ccnc(-c4cc(OC)c5nc(CNC6CC(C)(O)C6)nn5c4)c3Cl)c2Cl)ccc1CNC[C@@H]1CCC(=O)N1. The van der Waals surface area contributed by atoms with Gasteiger partial charge in [0.05, 0.1) is 47.8 Å². The molecule has 2 aliphatic rings. The van der Waals surface area contributed by atoms with E-state index in [0.717, 1.165) is 23.1 Å². The summed E-state index contributed by atoms with van der Waals surface area (Å²) in [7, 11) is 3.18. The predicted molar refractivity (Wildman–Crippen MR) is 191 cm³/mol. The van der Waals surface area contributed by atoms with E-state index in [1.807, 2.05) is 55.6 Å². The van der Waals surface area contributed by atoms with Crippen LogP contribution >= 0.6 is 23.2 Å². The van der Waals surface area contributed by atoms with E-state index in [4.69, 9.17) is 37.7 Å². The first-order valence-corrected chi connectivity index (χ1v) is 17.2. The Balaban J connectivity index is 1.14. The summed E-state index contributed by atoms with van der Waals surface area (Å²) in [6.45, 7) is 3.52. The monoisotopic (exact) mass is 716 g/mol. The Labute approximate surface area is 299 Å². The second kappa shape index (κ2) is 14.1. The standard InChI is InChI=1S/C36H38Cl2N8O4/c1-36(48)14-23(15-36)41-18-29-44-34-28(49-2)13-21(19-46(34)45-29)33-32(38)25(11-12-40-33)24-5-4-6-26(31(24)37)27-9-7-20(35(43-27)50-3)16-39-17-22-8-10-30(47)42-22/h4-7,9,11-13,19,22-23,39,41,48H,8,10,14-18H2,1-3H3,(H,42,47)/t22-,23?,36?/m0/s1. The number of fused-ring (bicyclic) bond motifs is 1. The molecule has 7 rings (SSSR count). The fourth-order valence-electron chi connectivity index (χ4n) is 6.67. The van der Waals surface area contributed by atoms with Crippen molar-refractivity contribution in [3.05, 3.63) is 76.3 Å². The Morgan fingerprint density at radius 3 is 2.58 bits per heavy atom. The van der Waals surface area contributed by atoms with Gasteiger partial charge in [-0.05, 0) is 44.4 Å². The molecular weight excluding hydrogens is 679 g/mol. The van der Waals surface area contributed by atoms with Crippen LogP contribution in [0, 0.1) is 0 Å². The molecule has 1 saturated heterocycles. The second-order valence-corrected chi connectivity index (χ2v) is 13.8. The zero-order chi connectivity index (χ0) is 35.0. The van der Waals surface area contributed by atoms with E-state index >= 15 is 0 Å². The van der Waals surface area contributed by atoms with E-state index in [1.165, 1.54) is 0 Å². The third-order valence-corrected chi connectivity index (χ3v) is 10.0. The predicted octanol–water partition coefficient (Wildman–Crippen LogP) is 5.22. The Hall–Kier alpha value is -4.33. The van der Waals surface area contributed by atoms with Gasteiger partial charge in [0.1, 0.15) is 0 Å². The molecule has 0 bridgehead atoms. The molecule has 1 aromatic carbocycles. The number of amides is 1. The van der Waals surface area contributed by atoms with Gasteiger partial charge < -0.3 is 30.5 Å². The first-order chi connectivity index (χ1) is 24.1. The van der Waals surface area contributed by atoms with Gasteiger partial charge in [-0.25, -0.2) is 14.5 Å². The molecule has 0 spiro atoms. The second-order valence-electron chi connectivity index (χ2n) is 13.1. The summed E-state index contributed by atoms with van der Waals surface area (Å²) < 4.78 is 13.0. The molecule has 2 fully saturated rings. The summed E-state index contributed by atoms with van der Waals surface area (Å²) >= 11 is 14.2. The van der Waals surface area contributed by atoms with Gasteiger partial charge in [0.2, 0.25) is 11.8 Å². The minimum absolute atomic E-state index is 0.0942. The highest BCUT2D eigenvalue weighted by atomic mass is 35.5. The quantitative estimate of drug-likeness (QED) is 0.136. The summed E-state index contributed by atoms with van der Waals surface area (Å²) in [6, 6.07) is 13.7. The van der Waals surface area contributed by atoms with Gasteiger partial charge in [-0.1, -0.05) is 47.5 Å². The maximum absolute atomic E-state index is 11.5. The lowest BCUT2D eigenvalue weighted by atomic mass is 9.77. The highest BCUT2D eigenvalue weighted by Crippen LogP contribution is 2.42. The van der Waals surface area contributed by atoms with Crippen molar-refractivity contribution in [1.82, 2.24) is 40.5 Å². The number of benzene rings is 1. The van der Waals surface area contributed by atoms with Crippen LogP contribution in [0.25, 0.3) is 39.3 Å². The van der Waals surface area contributed by atoms with Gasteiger partial charge in [-0.2, -0.15) is 0 Å². The van der Waals surface area contributed by atoms with Crippen LogP contribution in [0.2, 0.25) is 10.0 Å². The van der Waals surface area contributed by atoms with Crippen molar-refractivity contribution < 1.29 is 19.4 Å². The minimum Gasteiger partial charge on any atom is -0.493 e. The smallest absolute Gasteiger partial charge is 0.220 e. The molecule has 4 N–H and O–H groups in total. The van der Waals surface area contributed by atoms with Crippen molar-refractivity contribution >= 4 is 34.8 Å². The largest absolute Gasteiger partial charge is 0.493 e. The van der Waals surface area contributed by atoms with Crippen LogP contribution in [-0.4, -0.2) is 74.0 Å². The van der Waals surface area contributed by atoms with Crippen molar-refractivity contribution in [2.45, 2.75) is 63.4 Å². The molecular formula is C36H38Cl2N8O4. The van der Waals surface area contributed by atoms with E-state index < -0.39 is 5.60 Å². The number of aromatic nitrogens is 5. The molecule has 4 aromatic heterocycles. The molecule has 260 valence electrons. The van der Waals surface area contributed by atoms with Crippen LogP contribution in [0.3, 0.4) is 0 Å². The zero-order valence-electron chi connectivity index (χ0n) is 28.0. The van der Waals surface area contributed by atoms with E-state index in [1.54, 1.807) is 24.9 Å². The normalized spacial score (nSPS) is 20.2. The number of ether oxygens (including phenoxy) is 2. The molecule has 1 amide bonds. The van der Waals surface area contributed by atoms with Gasteiger partial charge in [0.25, 0.3) is 0 Å². The number of carbonyl (C=O) groups excluding carboxylic acids is 1. The minimum atomic E-state index is -0.611. The Kier molecular flexibility index (Phi) is 9.64. The van der Waals surface area contributed by atoms with E-state index in [0.29, 0.717) is 94.6 Å². The number of rotatable bonds is 12. The van der Waals surface area contributed by atoms with Gasteiger partial charge >= 0.3 is 0 Å². The average Bonchev–Trinajstić information content (AvgIpc) is 3.71. The highest BCUT2D eigenvalue weighted by molar-refractivity contribution is 6.39. The fourth-order valence-corrected chi connectivity index (χ4v) is 7.32. The van der Waals surface area contributed by atoms with Crippen molar-refractivity contribution in [3.8, 4) is 45.3 Å². The Bertz CT molecular complexity index is 2060. The lowest BCUT2D eigenvalue weighted by Crippen LogP contribution is -2.51. The number of nitrogens with zero attached hydrogens (tertiary/aromatic N) is 5. The molecule has 50 heavy (non-hydrogen) atoms. The summed E-state index contributed by atoms with van der Waals surface area (Å²) in [5.41, 5.74) is 4.89. The number of halogens is 2. The highest BCUT2D eigenvalue weighted by Gasteiger charge is 2.38. The first-order valence-electron chi connectivity index (χ1n) is 16.5. The molecule has 1 atom stereocenters. The van der Waals surface area contributed by atoms with Crippen LogP contribution in [-0.2, 0) is 17.9 Å². The number of hydrogen-bond donors (Lipinski definition) is 4. The number of aliphatic hydroxyl groups is 1. The van der Waals surface area contributed by atoms with E-state index in [9.17, 15) is 9.90 Å². The van der Waals surface area contributed by atoms with Crippen molar-refractivity contribution in [3.63, 3.8) is 0 Å². The molecule has 1 aliphatic heterocycles. The Morgan fingerprint density at radius 1 is 1.04 bits per heavy atom. The molecule has 5 aromatic rings. The molecule has 1 saturated carbocycles. The summed E-state index contributed by atoms with van der Waals surface area (Å²) in [5.74, 6) is 1.72. The lowest BCUT2D eigenvalue weighted by molar-refractivity contribution is -0.119. The maximum Gasteiger partial charge on any atom is 0.220 e. The van der Waals surface area contributed by atoms with Gasteiger partial charge in [-0.3, -0.25) is 9.78 Å². The van der Waals surface area contributed by atoms with Crippen LogP contribution < -0.4 is 25.4 Å². The molecule has 5 heterocycles. The van der Waals surface area contributed by atoms with Gasteiger partial charge in [0.15, 0.2) is 17.2 Å². The topological polar surface area (TPSA) is 148 Å². The molecule has 0 radical (unpaired) electrons. The summed E-state index contributed by atoms with van der Waals surface area (Å²) in [6.07, 6.45) is 6.31. The molecule has 0 unspecified atom stereocenters. The average molecular weight is 718 g/mol. The number of hydrogen-bond acceptors (Lipinski definition) is 10. The van der Waals surface area contributed by atoms with Crippen LogP contribution in [0.15, 0.2) is 54.9 Å². The van der Waals surface area contributed by atoms with Crippen LogP contribution in [0.1, 0.15) is 44.0 Å². The van der Waals surface area contributed by atoms with Crippen molar-refractivity contribution in [1.29, 1.82) is 0 Å². The number of carbonyl (C=O) groups is 1. The van der Waals surface area contributed by atoms with Crippen molar-refractivity contribution in [2.24, 2.45) is 0 Å². The molecule has 1 aliphatic carbocycles. The van der Waals surface area contributed by atoms with Gasteiger partial charge in [0, 0.05) is 71.8 Å². The Morgan fingerprint density at radius 2 is 1.84 bits per heavy atom. The third-order valence-electron chi connectivity index (χ3n) is 9.24. The van der Waals surface area contributed by atoms with Crippen molar-refractivity contribution in [2.75, 3.05) is 20.8 Å². The molecule has 14 heteroatoms. The third kappa shape index (κ3) is 6.99. The van der Waals surface area contributed by atoms with Gasteiger partial charge in [-0.15, -0.1) is 5.10 Å². The number of pyridine rings is 3. The van der Waals surface area contributed by atoms with Crippen LogP contribution in [0.5, 0.6) is 11.6 Å². The van der Waals surface area contributed by atoms with Crippen LogP contribution in [0.4, 0.5) is 0 Å².